The van der Waals surface area contributed by atoms with Gasteiger partial charge in [-0.1, -0.05) is 11.6 Å². The van der Waals surface area contributed by atoms with Crippen LogP contribution in [0.1, 0.15) is 15.9 Å². The number of carbonyl (C=O) groups excluding carboxylic acids is 1. The molecular formula is C15H9Cl2F3N2O6S. The van der Waals surface area contributed by atoms with E-state index in [1.54, 1.807) is 0 Å². The first kappa shape index (κ1) is 22.7. The summed E-state index contributed by atoms with van der Waals surface area (Å²) in [4.78, 5) is 22.4. The summed E-state index contributed by atoms with van der Waals surface area (Å²) in [6.45, 7) is 0. The van der Waals surface area contributed by atoms with E-state index in [9.17, 15) is 36.5 Å². The Labute approximate surface area is 171 Å². The fourth-order valence-corrected chi connectivity index (χ4v) is 2.75. The number of alkyl halides is 3. The number of hydrogen-bond acceptors (Lipinski definition) is 6. The summed E-state index contributed by atoms with van der Waals surface area (Å²) in [5, 5.41) is 10.7. The first-order valence-electron chi connectivity index (χ1n) is 7.25. The van der Waals surface area contributed by atoms with E-state index in [4.69, 9.17) is 28.1 Å². The Balaban J connectivity index is 2.46. The minimum Gasteiger partial charge on any atom is -0.456 e. The first-order chi connectivity index (χ1) is 13.2. The van der Waals surface area contributed by atoms with Crippen LogP contribution in [0, 0.1) is 10.1 Å². The fourth-order valence-electron chi connectivity index (χ4n) is 2.04. The fraction of sp³-hybridized carbons (Fsp3) is 0.133. The highest BCUT2D eigenvalue weighted by Crippen LogP contribution is 2.37. The van der Waals surface area contributed by atoms with Crippen molar-refractivity contribution < 1.29 is 36.0 Å². The van der Waals surface area contributed by atoms with E-state index in [0.29, 0.717) is 18.4 Å². The van der Waals surface area contributed by atoms with Crippen molar-refractivity contribution in [2.24, 2.45) is 0 Å². The Kier molecular flexibility index (Phi) is 6.30. The number of nitro groups is 1. The van der Waals surface area contributed by atoms with Crippen LogP contribution in [-0.2, 0) is 16.2 Å². The van der Waals surface area contributed by atoms with Crippen molar-refractivity contribution in [3.63, 3.8) is 0 Å². The third kappa shape index (κ3) is 5.28. The van der Waals surface area contributed by atoms with E-state index in [-0.39, 0.29) is 15.3 Å². The van der Waals surface area contributed by atoms with E-state index in [1.807, 2.05) is 0 Å². The highest BCUT2D eigenvalue weighted by atomic mass is 35.5. The number of amides is 1. The number of rotatable bonds is 5. The summed E-state index contributed by atoms with van der Waals surface area (Å²) in [5.41, 5.74) is -2.52. The van der Waals surface area contributed by atoms with E-state index in [2.05, 4.69) is 0 Å². The lowest BCUT2D eigenvalue weighted by Gasteiger charge is -2.13. The zero-order valence-electron chi connectivity index (χ0n) is 14.1. The summed E-state index contributed by atoms with van der Waals surface area (Å²) in [6.07, 6.45) is -4.03. The van der Waals surface area contributed by atoms with Gasteiger partial charge in [0.05, 0.1) is 21.8 Å². The van der Waals surface area contributed by atoms with Gasteiger partial charge in [0.1, 0.15) is 17.1 Å². The minimum atomic E-state index is -4.63. The molecule has 0 aliphatic carbocycles. The van der Waals surface area contributed by atoms with Crippen LogP contribution in [0.5, 0.6) is 11.5 Å². The summed E-state index contributed by atoms with van der Waals surface area (Å²) >= 11 is 11.2. The zero-order valence-corrected chi connectivity index (χ0v) is 16.4. The SMILES string of the molecule is CS(=O)(=O)N(Cl)C(=O)c1cc(Oc2ccc(C(F)(F)F)cc2Cl)ccc1[N+](=O)[O-]. The van der Waals surface area contributed by atoms with Gasteiger partial charge in [-0.25, -0.2) is 8.42 Å². The Hall–Kier alpha value is -2.57. The molecule has 0 unspecified atom stereocenters. The molecule has 14 heteroatoms. The average Bonchev–Trinajstić information content (AvgIpc) is 2.60. The molecule has 0 aliphatic heterocycles. The average molecular weight is 473 g/mol. The van der Waals surface area contributed by atoms with Crippen molar-refractivity contribution in [2.75, 3.05) is 6.26 Å². The van der Waals surface area contributed by atoms with Crippen LogP contribution in [0.15, 0.2) is 36.4 Å². The molecule has 2 aromatic carbocycles. The molecule has 0 atom stereocenters. The van der Waals surface area contributed by atoms with Gasteiger partial charge in [-0.2, -0.15) is 13.2 Å². The second-order valence-corrected chi connectivity index (χ2v) is 8.24. The second kappa shape index (κ2) is 8.05. The molecule has 2 rings (SSSR count). The quantitative estimate of drug-likeness (QED) is 0.357. The van der Waals surface area contributed by atoms with Gasteiger partial charge in [0.25, 0.3) is 11.6 Å². The van der Waals surface area contributed by atoms with Crippen molar-refractivity contribution >= 4 is 45.0 Å². The number of carbonyl (C=O) groups is 1. The topological polar surface area (TPSA) is 107 Å². The van der Waals surface area contributed by atoms with Gasteiger partial charge in [-0.05, 0) is 24.3 Å². The minimum absolute atomic E-state index is 0.218. The maximum absolute atomic E-state index is 12.7. The van der Waals surface area contributed by atoms with Gasteiger partial charge in [0.2, 0.25) is 10.0 Å². The van der Waals surface area contributed by atoms with E-state index in [1.165, 1.54) is 0 Å². The van der Waals surface area contributed by atoms with E-state index in [0.717, 1.165) is 24.3 Å². The van der Waals surface area contributed by atoms with Gasteiger partial charge < -0.3 is 4.74 Å². The number of halogens is 5. The van der Waals surface area contributed by atoms with Crippen LogP contribution in [0.2, 0.25) is 5.02 Å². The Morgan fingerprint density at radius 3 is 2.31 bits per heavy atom. The summed E-state index contributed by atoms with van der Waals surface area (Å²) in [7, 11) is -4.23. The van der Waals surface area contributed by atoms with E-state index < -0.39 is 48.9 Å². The normalized spacial score (nSPS) is 11.8. The highest BCUT2D eigenvalue weighted by Gasteiger charge is 2.32. The third-order valence-corrected chi connectivity index (χ3v) is 5.28. The Bertz CT molecular complexity index is 1090. The van der Waals surface area contributed by atoms with Gasteiger partial charge in [0, 0.05) is 23.9 Å². The molecule has 1 amide bonds. The molecule has 0 fully saturated rings. The second-order valence-electron chi connectivity index (χ2n) is 5.46. The molecule has 0 aliphatic rings. The molecule has 0 radical (unpaired) electrons. The maximum Gasteiger partial charge on any atom is 0.416 e. The number of sulfonamides is 1. The number of nitrogens with zero attached hydrogens (tertiary/aromatic N) is 2. The molecule has 0 N–H and O–H groups in total. The van der Waals surface area contributed by atoms with Crippen LogP contribution in [0.4, 0.5) is 18.9 Å². The van der Waals surface area contributed by atoms with Gasteiger partial charge >= 0.3 is 6.18 Å². The largest absolute Gasteiger partial charge is 0.456 e. The highest BCUT2D eigenvalue weighted by molar-refractivity contribution is 7.89. The van der Waals surface area contributed by atoms with Crippen molar-refractivity contribution in [3.8, 4) is 11.5 Å². The molecule has 29 heavy (non-hydrogen) atoms. The smallest absolute Gasteiger partial charge is 0.416 e. The molecule has 156 valence electrons. The Morgan fingerprint density at radius 2 is 1.83 bits per heavy atom. The van der Waals surface area contributed by atoms with Gasteiger partial charge in [-0.3, -0.25) is 14.9 Å². The summed E-state index contributed by atoms with van der Waals surface area (Å²) in [6, 6.07) is 4.92. The van der Waals surface area contributed by atoms with Crippen LogP contribution >= 0.6 is 23.4 Å². The first-order valence-corrected chi connectivity index (χ1v) is 9.81. The number of benzene rings is 2. The summed E-state index contributed by atoms with van der Waals surface area (Å²) < 4.78 is 66.0. The third-order valence-electron chi connectivity index (χ3n) is 3.33. The molecule has 0 spiro atoms. The van der Waals surface area contributed by atoms with Crippen LogP contribution in [0.3, 0.4) is 0 Å². The molecular weight excluding hydrogens is 464 g/mol. The predicted octanol–water partition coefficient (Wildman–Crippen LogP) is 4.61. The predicted molar refractivity (Wildman–Crippen MR) is 96.5 cm³/mol. The van der Waals surface area contributed by atoms with Crippen LogP contribution in [0.25, 0.3) is 0 Å². The molecule has 8 nitrogen and oxygen atoms in total. The molecule has 0 saturated carbocycles. The molecule has 0 bridgehead atoms. The molecule has 0 aromatic heterocycles. The summed E-state index contributed by atoms with van der Waals surface area (Å²) in [5.74, 6) is -1.90. The Morgan fingerprint density at radius 1 is 1.21 bits per heavy atom. The molecule has 0 saturated heterocycles. The van der Waals surface area contributed by atoms with Crippen LogP contribution < -0.4 is 4.74 Å². The lowest BCUT2D eigenvalue weighted by Crippen LogP contribution is -2.28. The number of nitro benzene ring substituents is 1. The monoisotopic (exact) mass is 472 g/mol. The lowest BCUT2D eigenvalue weighted by atomic mass is 10.1. The lowest BCUT2D eigenvalue weighted by molar-refractivity contribution is -0.385. The van der Waals surface area contributed by atoms with Crippen molar-refractivity contribution in [1.82, 2.24) is 3.82 Å². The van der Waals surface area contributed by atoms with E-state index >= 15 is 0 Å². The number of ether oxygens (including phenoxy) is 1. The van der Waals surface area contributed by atoms with Crippen molar-refractivity contribution in [2.45, 2.75) is 6.18 Å². The standard InChI is InChI=1S/C15H9Cl2F3N2O6S/c1-29(26,27)21(17)14(23)10-7-9(3-4-12(10)22(24)25)28-13-5-2-8(6-11(13)16)15(18,19)20/h2-7H,1H3. The van der Waals surface area contributed by atoms with Gasteiger partial charge in [-0.15, -0.1) is 3.82 Å². The van der Waals surface area contributed by atoms with Crippen LogP contribution in [-0.4, -0.2) is 29.3 Å². The van der Waals surface area contributed by atoms with Gasteiger partial charge in [0.15, 0.2) is 0 Å². The molecule has 2 aromatic rings. The zero-order chi connectivity index (χ0) is 22.1. The maximum atomic E-state index is 12.7. The number of hydrogen-bond donors (Lipinski definition) is 0. The van der Waals surface area contributed by atoms with Crippen molar-refractivity contribution in [1.29, 1.82) is 0 Å². The molecule has 0 heterocycles. The van der Waals surface area contributed by atoms with Crippen molar-refractivity contribution in [3.05, 3.63) is 62.7 Å².